The van der Waals surface area contributed by atoms with E-state index in [0.29, 0.717) is 12.0 Å². The van der Waals surface area contributed by atoms with E-state index in [-0.39, 0.29) is 0 Å². The van der Waals surface area contributed by atoms with Crippen LogP contribution in [-0.2, 0) is 13.1 Å². The van der Waals surface area contributed by atoms with Crippen LogP contribution in [0, 0.1) is 13.8 Å². The molecular formula is C15H22N6O. The number of hydrogen-bond donors (Lipinski definition) is 0. The van der Waals surface area contributed by atoms with Crippen molar-refractivity contribution in [3.8, 4) is 0 Å². The SMILES string of the molecule is Cc1nc(C)n(C[C@@H]2CCCN2Cc2noc(C3CC3)n2)n1. The lowest BCUT2D eigenvalue weighted by atomic mass is 10.2. The summed E-state index contributed by atoms with van der Waals surface area (Å²) in [7, 11) is 0. The van der Waals surface area contributed by atoms with Gasteiger partial charge in [-0.3, -0.25) is 4.90 Å². The predicted molar refractivity (Wildman–Crippen MR) is 79.2 cm³/mol. The van der Waals surface area contributed by atoms with Crippen LogP contribution in [0.25, 0.3) is 0 Å². The summed E-state index contributed by atoms with van der Waals surface area (Å²) in [5, 5.41) is 8.62. The second-order valence-corrected chi connectivity index (χ2v) is 6.48. The van der Waals surface area contributed by atoms with E-state index in [1.165, 1.54) is 25.7 Å². The molecule has 2 aromatic heterocycles. The minimum atomic E-state index is 0.475. The molecule has 4 rings (SSSR count). The first-order valence-electron chi connectivity index (χ1n) is 8.13. The molecule has 0 unspecified atom stereocenters. The maximum Gasteiger partial charge on any atom is 0.229 e. The summed E-state index contributed by atoms with van der Waals surface area (Å²) in [4.78, 5) is 11.4. The van der Waals surface area contributed by atoms with Crippen LogP contribution in [0.3, 0.4) is 0 Å². The first kappa shape index (κ1) is 13.9. The topological polar surface area (TPSA) is 72.9 Å². The van der Waals surface area contributed by atoms with Gasteiger partial charge in [0.15, 0.2) is 5.82 Å². The zero-order chi connectivity index (χ0) is 15.1. The van der Waals surface area contributed by atoms with E-state index in [1.807, 2.05) is 18.5 Å². The summed E-state index contributed by atoms with van der Waals surface area (Å²) >= 11 is 0. The van der Waals surface area contributed by atoms with Gasteiger partial charge in [-0.2, -0.15) is 10.1 Å². The fourth-order valence-electron chi connectivity index (χ4n) is 3.25. The molecule has 7 heteroatoms. The number of likely N-dealkylation sites (tertiary alicyclic amines) is 1. The second-order valence-electron chi connectivity index (χ2n) is 6.48. The van der Waals surface area contributed by atoms with E-state index in [9.17, 15) is 0 Å². The van der Waals surface area contributed by atoms with Crippen LogP contribution in [0.15, 0.2) is 4.52 Å². The molecule has 22 heavy (non-hydrogen) atoms. The van der Waals surface area contributed by atoms with Crippen LogP contribution in [0.4, 0.5) is 0 Å². The van der Waals surface area contributed by atoms with E-state index >= 15 is 0 Å². The summed E-state index contributed by atoms with van der Waals surface area (Å²) in [6.07, 6.45) is 4.79. The maximum atomic E-state index is 5.36. The molecule has 3 heterocycles. The molecule has 1 aliphatic heterocycles. The zero-order valence-electron chi connectivity index (χ0n) is 13.2. The Hall–Kier alpha value is -1.76. The van der Waals surface area contributed by atoms with Crippen LogP contribution in [0.2, 0.25) is 0 Å². The van der Waals surface area contributed by atoms with Crippen LogP contribution in [0.1, 0.15) is 55.0 Å². The summed E-state index contributed by atoms with van der Waals surface area (Å²) in [5.74, 6) is 4.00. The predicted octanol–water partition coefficient (Wildman–Crippen LogP) is 1.82. The summed E-state index contributed by atoms with van der Waals surface area (Å²) in [6.45, 7) is 6.70. The quantitative estimate of drug-likeness (QED) is 0.839. The highest BCUT2D eigenvalue weighted by Crippen LogP contribution is 2.38. The Morgan fingerprint density at radius 2 is 2.05 bits per heavy atom. The first-order chi connectivity index (χ1) is 10.7. The van der Waals surface area contributed by atoms with Crippen molar-refractivity contribution in [2.75, 3.05) is 6.54 Å². The highest BCUT2D eigenvalue weighted by atomic mass is 16.5. The van der Waals surface area contributed by atoms with Gasteiger partial charge in [-0.05, 0) is 46.1 Å². The zero-order valence-corrected chi connectivity index (χ0v) is 13.2. The van der Waals surface area contributed by atoms with Gasteiger partial charge in [-0.15, -0.1) is 0 Å². The molecule has 118 valence electrons. The Morgan fingerprint density at radius 3 is 2.77 bits per heavy atom. The summed E-state index contributed by atoms with van der Waals surface area (Å²) in [6, 6.07) is 0.475. The lowest BCUT2D eigenvalue weighted by Gasteiger charge is -2.23. The maximum absolute atomic E-state index is 5.36. The van der Waals surface area contributed by atoms with Gasteiger partial charge in [0.05, 0.1) is 13.1 Å². The lowest BCUT2D eigenvalue weighted by molar-refractivity contribution is 0.210. The minimum absolute atomic E-state index is 0.475. The standard InChI is InChI=1S/C15H22N6O/c1-10-16-11(2)21(18-10)8-13-4-3-7-20(13)9-14-17-15(22-19-14)12-5-6-12/h12-13H,3-9H2,1-2H3/t13-/m0/s1. The van der Waals surface area contributed by atoms with Crippen LogP contribution in [0.5, 0.6) is 0 Å². The van der Waals surface area contributed by atoms with E-state index in [2.05, 4.69) is 25.1 Å². The van der Waals surface area contributed by atoms with E-state index in [0.717, 1.165) is 43.0 Å². The smallest absolute Gasteiger partial charge is 0.229 e. The molecule has 0 spiro atoms. The minimum Gasteiger partial charge on any atom is -0.339 e. The van der Waals surface area contributed by atoms with Crippen molar-refractivity contribution in [3.05, 3.63) is 23.4 Å². The van der Waals surface area contributed by atoms with E-state index in [4.69, 9.17) is 4.52 Å². The number of aromatic nitrogens is 5. The fourth-order valence-corrected chi connectivity index (χ4v) is 3.25. The molecule has 2 fully saturated rings. The molecule has 7 nitrogen and oxygen atoms in total. The van der Waals surface area contributed by atoms with Crippen molar-refractivity contribution in [3.63, 3.8) is 0 Å². The molecule has 0 radical (unpaired) electrons. The normalized spacial score (nSPS) is 22.5. The molecule has 0 bridgehead atoms. The van der Waals surface area contributed by atoms with Crippen molar-refractivity contribution >= 4 is 0 Å². The Morgan fingerprint density at radius 1 is 1.18 bits per heavy atom. The average molecular weight is 302 g/mol. The van der Waals surface area contributed by atoms with Crippen molar-refractivity contribution in [1.29, 1.82) is 0 Å². The van der Waals surface area contributed by atoms with Gasteiger partial charge in [-0.1, -0.05) is 5.16 Å². The first-order valence-corrected chi connectivity index (χ1v) is 8.13. The molecule has 0 amide bonds. The Labute approximate surface area is 129 Å². The molecule has 2 aliphatic rings. The Bertz CT molecular complexity index is 659. The monoisotopic (exact) mass is 302 g/mol. The van der Waals surface area contributed by atoms with Crippen molar-refractivity contribution in [1.82, 2.24) is 29.8 Å². The van der Waals surface area contributed by atoms with Gasteiger partial charge in [0.2, 0.25) is 5.89 Å². The summed E-state index contributed by atoms with van der Waals surface area (Å²) < 4.78 is 7.38. The fraction of sp³-hybridized carbons (Fsp3) is 0.733. The molecule has 1 saturated carbocycles. The highest BCUT2D eigenvalue weighted by molar-refractivity contribution is 5.02. The van der Waals surface area contributed by atoms with Crippen LogP contribution < -0.4 is 0 Å². The largest absolute Gasteiger partial charge is 0.339 e. The van der Waals surface area contributed by atoms with Crippen LogP contribution >= 0.6 is 0 Å². The summed E-state index contributed by atoms with van der Waals surface area (Å²) in [5.41, 5.74) is 0. The molecule has 0 N–H and O–H groups in total. The van der Waals surface area contributed by atoms with Crippen molar-refractivity contribution < 1.29 is 4.52 Å². The average Bonchev–Trinajstić information content (AvgIpc) is 2.93. The molecule has 2 aromatic rings. The van der Waals surface area contributed by atoms with Gasteiger partial charge in [-0.25, -0.2) is 9.67 Å². The molecule has 1 atom stereocenters. The number of aryl methyl sites for hydroxylation is 2. The Balaban J connectivity index is 1.42. The third-order valence-electron chi connectivity index (χ3n) is 4.60. The van der Waals surface area contributed by atoms with Gasteiger partial charge < -0.3 is 4.52 Å². The molecule has 0 aromatic carbocycles. The van der Waals surface area contributed by atoms with E-state index in [1.54, 1.807) is 0 Å². The van der Waals surface area contributed by atoms with Gasteiger partial charge in [0.1, 0.15) is 11.6 Å². The number of hydrogen-bond acceptors (Lipinski definition) is 6. The van der Waals surface area contributed by atoms with Gasteiger partial charge >= 0.3 is 0 Å². The van der Waals surface area contributed by atoms with E-state index < -0.39 is 0 Å². The number of rotatable bonds is 5. The highest BCUT2D eigenvalue weighted by Gasteiger charge is 2.31. The van der Waals surface area contributed by atoms with Gasteiger partial charge in [0.25, 0.3) is 0 Å². The number of nitrogens with zero attached hydrogens (tertiary/aromatic N) is 6. The lowest BCUT2D eigenvalue weighted by Crippen LogP contribution is -2.33. The molecule has 1 saturated heterocycles. The van der Waals surface area contributed by atoms with Gasteiger partial charge in [0, 0.05) is 12.0 Å². The van der Waals surface area contributed by atoms with Crippen molar-refractivity contribution in [2.24, 2.45) is 0 Å². The second kappa shape index (κ2) is 5.46. The van der Waals surface area contributed by atoms with Crippen LogP contribution in [-0.4, -0.2) is 42.4 Å². The Kier molecular flexibility index (Phi) is 3.44. The molecular weight excluding hydrogens is 280 g/mol. The third kappa shape index (κ3) is 2.77. The third-order valence-corrected chi connectivity index (χ3v) is 4.60. The van der Waals surface area contributed by atoms with Crippen molar-refractivity contribution in [2.45, 2.75) is 64.6 Å². The molecule has 1 aliphatic carbocycles.